The summed E-state index contributed by atoms with van der Waals surface area (Å²) in [5.41, 5.74) is 3.81. The SMILES string of the molecule is C=Cc1cc(C)n(C)c1C. The van der Waals surface area contributed by atoms with E-state index in [-0.39, 0.29) is 0 Å². The summed E-state index contributed by atoms with van der Waals surface area (Å²) in [5, 5.41) is 0. The van der Waals surface area contributed by atoms with Crippen LogP contribution in [-0.2, 0) is 7.05 Å². The maximum atomic E-state index is 3.73. The summed E-state index contributed by atoms with van der Waals surface area (Å²) >= 11 is 0. The van der Waals surface area contributed by atoms with Crippen molar-refractivity contribution in [3.05, 3.63) is 29.6 Å². The van der Waals surface area contributed by atoms with Crippen LogP contribution in [-0.4, -0.2) is 4.57 Å². The predicted molar refractivity (Wildman–Crippen MR) is 45.0 cm³/mol. The third kappa shape index (κ3) is 0.878. The molecule has 0 fully saturated rings. The van der Waals surface area contributed by atoms with Crippen molar-refractivity contribution >= 4 is 6.08 Å². The fraction of sp³-hybridized carbons (Fsp3) is 0.333. The molecule has 1 aromatic heterocycles. The van der Waals surface area contributed by atoms with Crippen molar-refractivity contribution in [1.29, 1.82) is 0 Å². The van der Waals surface area contributed by atoms with Gasteiger partial charge in [-0.2, -0.15) is 0 Å². The van der Waals surface area contributed by atoms with Gasteiger partial charge in [0.15, 0.2) is 0 Å². The molecule has 0 bridgehead atoms. The molecule has 54 valence electrons. The zero-order valence-corrected chi connectivity index (χ0v) is 6.81. The maximum absolute atomic E-state index is 3.73. The van der Waals surface area contributed by atoms with Gasteiger partial charge in [-0.1, -0.05) is 12.7 Å². The Hall–Kier alpha value is -0.980. The van der Waals surface area contributed by atoms with Gasteiger partial charge in [-0.25, -0.2) is 0 Å². The third-order valence-electron chi connectivity index (χ3n) is 2.03. The predicted octanol–water partition coefficient (Wildman–Crippen LogP) is 2.28. The van der Waals surface area contributed by atoms with E-state index in [9.17, 15) is 0 Å². The molecule has 0 saturated heterocycles. The Kier molecular flexibility index (Phi) is 1.66. The molecule has 0 radical (unpaired) electrons. The van der Waals surface area contributed by atoms with Crippen molar-refractivity contribution in [2.75, 3.05) is 0 Å². The van der Waals surface area contributed by atoms with Crippen LogP contribution in [0.15, 0.2) is 12.6 Å². The largest absolute Gasteiger partial charge is 0.352 e. The van der Waals surface area contributed by atoms with Crippen LogP contribution in [0.1, 0.15) is 17.0 Å². The van der Waals surface area contributed by atoms with E-state index in [2.05, 4.69) is 38.1 Å². The topological polar surface area (TPSA) is 4.93 Å². The first kappa shape index (κ1) is 7.13. The van der Waals surface area contributed by atoms with Crippen molar-refractivity contribution in [2.45, 2.75) is 13.8 Å². The fourth-order valence-electron chi connectivity index (χ4n) is 1.09. The summed E-state index contributed by atoms with van der Waals surface area (Å²) in [6.07, 6.45) is 1.89. The summed E-state index contributed by atoms with van der Waals surface area (Å²) < 4.78 is 2.16. The van der Waals surface area contributed by atoms with E-state index in [1.54, 1.807) is 0 Å². The molecular weight excluding hydrogens is 122 g/mol. The molecule has 1 nitrogen and oxygen atoms in total. The summed E-state index contributed by atoms with van der Waals surface area (Å²) in [7, 11) is 2.07. The molecule has 0 aliphatic heterocycles. The average molecular weight is 135 g/mol. The molecule has 0 saturated carbocycles. The molecular formula is C9H13N. The second kappa shape index (κ2) is 2.33. The zero-order valence-electron chi connectivity index (χ0n) is 6.81. The minimum absolute atomic E-state index is 1.24. The number of nitrogens with zero attached hydrogens (tertiary/aromatic N) is 1. The zero-order chi connectivity index (χ0) is 7.72. The van der Waals surface area contributed by atoms with Crippen molar-refractivity contribution in [2.24, 2.45) is 7.05 Å². The highest BCUT2D eigenvalue weighted by molar-refractivity contribution is 5.51. The summed E-state index contributed by atoms with van der Waals surface area (Å²) in [5.74, 6) is 0. The average Bonchev–Trinajstić information content (AvgIpc) is 2.17. The van der Waals surface area contributed by atoms with E-state index in [1.807, 2.05) is 6.08 Å². The van der Waals surface area contributed by atoms with E-state index in [4.69, 9.17) is 0 Å². The standard InChI is InChI=1S/C9H13N/c1-5-9-6-7(2)10(4)8(9)3/h5-6H,1H2,2-4H3. The van der Waals surface area contributed by atoms with Crippen LogP contribution in [0.25, 0.3) is 6.08 Å². The lowest BCUT2D eigenvalue weighted by Gasteiger charge is -1.98. The van der Waals surface area contributed by atoms with Crippen molar-refractivity contribution < 1.29 is 0 Å². The molecule has 0 unspecified atom stereocenters. The molecule has 0 aromatic carbocycles. The van der Waals surface area contributed by atoms with Crippen LogP contribution in [0.4, 0.5) is 0 Å². The van der Waals surface area contributed by atoms with Gasteiger partial charge in [0.1, 0.15) is 0 Å². The molecule has 1 heteroatoms. The lowest BCUT2D eigenvalue weighted by atomic mass is 10.2. The van der Waals surface area contributed by atoms with Gasteiger partial charge in [0.2, 0.25) is 0 Å². The van der Waals surface area contributed by atoms with Crippen LogP contribution in [0.3, 0.4) is 0 Å². The first-order valence-electron chi connectivity index (χ1n) is 3.42. The lowest BCUT2D eigenvalue weighted by molar-refractivity contribution is 0.843. The molecule has 0 aliphatic rings. The minimum atomic E-state index is 1.24. The van der Waals surface area contributed by atoms with Gasteiger partial charge in [0.05, 0.1) is 0 Å². The molecule has 0 atom stereocenters. The first-order chi connectivity index (χ1) is 4.66. The van der Waals surface area contributed by atoms with Gasteiger partial charge in [-0.05, 0) is 25.5 Å². The quantitative estimate of drug-likeness (QED) is 0.556. The van der Waals surface area contributed by atoms with E-state index < -0.39 is 0 Å². The molecule has 0 N–H and O–H groups in total. The Bertz CT molecular complexity index is 256. The van der Waals surface area contributed by atoms with Crippen molar-refractivity contribution in [3.63, 3.8) is 0 Å². The van der Waals surface area contributed by atoms with E-state index >= 15 is 0 Å². The molecule has 0 amide bonds. The summed E-state index contributed by atoms with van der Waals surface area (Å²) in [4.78, 5) is 0. The van der Waals surface area contributed by atoms with Crippen molar-refractivity contribution in [1.82, 2.24) is 4.57 Å². The molecule has 1 heterocycles. The Balaban J connectivity index is 3.30. The number of aryl methyl sites for hydroxylation is 1. The smallest absolute Gasteiger partial charge is 0.0215 e. The highest BCUT2D eigenvalue weighted by Gasteiger charge is 2.00. The second-order valence-corrected chi connectivity index (χ2v) is 2.59. The van der Waals surface area contributed by atoms with Gasteiger partial charge < -0.3 is 4.57 Å². The van der Waals surface area contributed by atoms with Gasteiger partial charge >= 0.3 is 0 Å². The first-order valence-corrected chi connectivity index (χ1v) is 3.42. The second-order valence-electron chi connectivity index (χ2n) is 2.59. The van der Waals surface area contributed by atoms with E-state index in [0.29, 0.717) is 0 Å². The number of hydrogen-bond acceptors (Lipinski definition) is 0. The molecule has 0 spiro atoms. The third-order valence-corrected chi connectivity index (χ3v) is 2.03. The van der Waals surface area contributed by atoms with Gasteiger partial charge in [-0.15, -0.1) is 0 Å². The Morgan fingerprint density at radius 2 is 2.10 bits per heavy atom. The van der Waals surface area contributed by atoms with Crippen LogP contribution in [0.2, 0.25) is 0 Å². The molecule has 10 heavy (non-hydrogen) atoms. The van der Waals surface area contributed by atoms with Crippen LogP contribution in [0.5, 0.6) is 0 Å². The van der Waals surface area contributed by atoms with Gasteiger partial charge in [-0.3, -0.25) is 0 Å². The minimum Gasteiger partial charge on any atom is -0.352 e. The molecule has 1 rings (SSSR count). The molecule has 0 aliphatic carbocycles. The fourth-order valence-corrected chi connectivity index (χ4v) is 1.09. The monoisotopic (exact) mass is 135 g/mol. The van der Waals surface area contributed by atoms with Gasteiger partial charge in [0.25, 0.3) is 0 Å². The van der Waals surface area contributed by atoms with Crippen molar-refractivity contribution in [3.8, 4) is 0 Å². The van der Waals surface area contributed by atoms with E-state index in [1.165, 1.54) is 17.0 Å². The number of hydrogen-bond donors (Lipinski definition) is 0. The van der Waals surface area contributed by atoms with Gasteiger partial charge in [0, 0.05) is 18.4 Å². The number of aromatic nitrogens is 1. The van der Waals surface area contributed by atoms with Crippen LogP contribution in [0, 0.1) is 13.8 Å². The normalized spacial score (nSPS) is 9.90. The molecule has 1 aromatic rings. The summed E-state index contributed by atoms with van der Waals surface area (Å²) in [6, 6.07) is 2.14. The Labute approximate surface area is 62.0 Å². The lowest BCUT2D eigenvalue weighted by Crippen LogP contribution is -1.92. The van der Waals surface area contributed by atoms with E-state index in [0.717, 1.165) is 0 Å². The Morgan fingerprint density at radius 3 is 2.30 bits per heavy atom. The Morgan fingerprint density at radius 1 is 1.50 bits per heavy atom. The highest BCUT2D eigenvalue weighted by atomic mass is 14.9. The summed E-state index contributed by atoms with van der Waals surface area (Å²) in [6.45, 7) is 7.93. The maximum Gasteiger partial charge on any atom is 0.0215 e. The highest BCUT2D eigenvalue weighted by Crippen LogP contribution is 2.13. The van der Waals surface area contributed by atoms with Crippen LogP contribution < -0.4 is 0 Å². The number of rotatable bonds is 1. The van der Waals surface area contributed by atoms with Crippen LogP contribution >= 0.6 is 0 Å².